The van der Waals surface area contributed by atoms with Gasteiger partial charge in [-0.25, -0.2) is 0 Å². The van der Waals surface area contributed by atoms with E-state index in [1.165, 1.54) is 12.8 Å². The number of rotatable bonds is 5. The van der Waals surface area contributed by atoms with Gasteiger partial charge in [0, 0.05) is 37.7 Å². The molecule has 2 aliphatic heterocycles. The molecule has 0 unspecified atom stereocenters. The SMILES string of the molecule is O=C(NCc1ccc(C(=O)N2CCCCC2)cc1)[C@H]1CCCN1C(=O)C1CCCCC1. The number of hydrogen-bond acceptors (Lipinski definition) is 3. The number of carbonyl (C=O) groups excluding carboxylic acids is 3. The summed E-state index contributed by atoms with van der Waals surface area (Å²) in [4.78, 5) is 42.1. The number of benzene rings is 1. The topological polar surface area (TPSA) is 69.7 Å². The number of nitrogens with zero attached hydrogens (tertiary/aromatic N) is 2. The Morgan fingerprint density at radius 1 is 0.806 bits per heavy atom. The van der Waals surface area contributed by atoms with E-state index in [-0.39, 0.29) is 29.7 Å². The Morgan fingerprint density at radius 2 is 1.48 bits per heavy atom. The minimum Gasteiger partial charge on any atom is -0.350 e. The lowest BCUT2D eigenvalue weighted by Gasteiger charge is -2.30. The standard InChI is InChI=1S/C25H35N3O3/c29-23(22-10-7-17-28(22)25(31)20-8-3-1-4-9-20)26-18-19-11-13-21(14-12-19)24(30)27-15-5-2-6-16-27/h11-14,20,22H,1-10,15-18H2,(H,26,29)/t22-/m1/s1. The van der Waals surface area contributed by atoms with Gasteiger partial charge in [0.25, 0.3) is 5.91 Å². The predicted molar refractivity (Wildman–Crippen MR) is 119 cm³/mol. The van der Waals surface area contributed by atoms with E-state index in [1.807, 2.05) is 34.1 Å². The second kappa shape index (κ2) is 10.3. The van der Waals surface area contributed by atoms with Crippen LogP contribution in [0.2, 0.25) is 0 Å². The van der Waals surface area contributed by atoms with E-state index in [1.54, 1.807) is 0 Å². The Balaban J connectivity index is 1.29. The molecule has 0 spiro atoms. The third kappa shape index (κ3) is 5.28. The van der Waals surface area contributed by atoms with Gasteiger partial charge in [0.05, 0.1) is 0 Å². The van der Waals surface area contributed by atoms with Crippen LogP contribution < -0.4 is 5.32 Å². The minimum atomic E-state index is -0.339. The van der Waals surface area contributed by atoms with Crippen molar-refractivity contribution in [2.75, 3.05) is 19.6 Å². The largest absolute Gasteiger partial charge is 0.350 e. The van der Waals surface area contributed by atoms with Gasteiger partial charge < -0.3 is 15.1 Å². The molecule has 168 valence electrons. The average molecular weight is 426 g/mol. The Kier molecular flexibility index (Phi) is 7.25. The molecule has 4 rings (SSSR count). The summed E-state index contributed by atoms with van der Waals surface area (Å²) >= 11 is 0. The fourth-order valence-corrected chi connectivity index (χ4v) is 5.24. The summed E-state index contributed by atoms with van der Waals surface area (Å²) in [6, 6.07) is 7.20. The highest BCUT2D eigenvalue weighted by molar-refractivity contribution is 5.94. The highest BCUT2D eigenvalue weighted by Crippen LogP contribution is 2.29. The first kappa shape index (κ1) is 21.8. The molecule has 1 N–H and O–H groups in total. The molecule has 3 aliphatic rings. The molecule has 0 radical (unpaired) electrons. The summed E-state index contributed by atoms with van der Waals surface area (Å²) in [7, 11) is 0. The van der Waals surface area contributed by atoms with E-state index in [0.29, 0.717) is 18.7 Å². The van der Waals surface area contributed by atoms with E-state index in [2.05, 4.69) is 5.32 Å². The zero-order valence-electron chi connectivity index (χ0n) is 18.5. The van der Waals surface area contributed by atoms with Gasteiger partial charge in [-0.2, -0.15) is 0 Å². The molecule has 6 nitrogen and oxygen atoms in total. The lowest BCUT2D eigenvalue weighted by atomic mass is 9.88. The zero-order valence-corrected chi connectivity index (χ0v) is 18.5. The van der Waals surface area contributed by atoms with Gasteiger partial charge in [0.2, 0.25) is 11.8 Å². The summed E-state index contributed by atoms with van der Waals surface area (Å²) in [5.74, 6) is 0.318. The van der Waals surface area contributed by atoms with Crippen molar-refractivity contribution in [3.63, 3.8) is 0 Å². The van der Waals surface area contributed by atoms with Gasteiger partial charge in [-0.05, 0) is 62.6 Å². The first-order valence-electron chi connectivity index (χ1n) is 12.1. The molecule has 1 aromatic carbocycles. The molecule has 1 aromatic rings. The van der Waals surface area contributed by atoms with Crippen LogP contribution in [0.5, 0.6) is 0 Å². The van der Waals surface area contributed by atoms with E-state index < -0.39 is 0 Å². The minimum absolute atomic E-state index is 0.0601. The van der Waals surface area contributed by atoms with Crippen molar-refractivity contribution >= 4 is 17.7 Å². The number of piperidine rings is 1. The van der Waals surface area contributed by atoms with Crippen LogP contribution in [0.3, 0.4) is 0 Å². The summed E-state index contributed by atoms with van der Waals surface area (Å²) < 4.78 is 0. The van der Waals surface area contributed by atoms with E-state index in [4.69, 9.17) is 0 Å². The molecule has 0 aromatic heterocycles. The maximum absolute atomic E-state index is 12.9. The van der Waals surface area contributed by atoms with Crippen molar-refractivity contribution in [1.29, 1.82) is 0 Å². The number of hydrogen-bond donors (Lipinski definition) is 1. The molecule has 1 atom stereocenters. The van der Waals surface area contributed by atoms with Gasteiger partial charge in [-0.15, -0.1) is 0 Å². The highest BCUT2D eigenvalue weighted by Gasteiger charge is 2.37. The van der Waals surface area contributed by atoms with Crippen LogP contribution in [0.1, 0.15) is 80.1 Å². The fourth-order valence-electron chi connectivity index (χ4n) is 5.24. The molecule has 3 fully saturated rings. The molecular weight excluding hydrogens is 390 g/mol. The second-order valence-corrected chi connectivity index (χ2v) is 9.29. The Labute approximate surface area is 185 Å². The number of nitrogens with one attached hydrogen (secondary N) is 1. The van der Waals surface area contributed by atoms with Crippen molar-refractivity contribution < 1.29 is 14.4 Å². The number of amides is 3. The Bertz CT molecular complexity index is 780. The van der Waals surface area contributed by atoms with Gasteiger partial charge in [0.1, 0.15) is 6.04 Å². The lowest BCUT2D eigenvalue weighted by Crippen LogP contribution is -2.47. The second-order valence-electron chi connectivity index (χ2n) is 9.29. The molecule has 1 aliphatic carbocycles. The third-order valence-corrected chi connectivity index (χ3v) is 7.10. The van der Waals surface area contributed by atoms with Crippen molar-refractivity contribution in [2.45, 2.75) is 76.8 Å². The monoisotopic (exact) mass is 425 g/mol. The quantitative estimate of drug-likeness (QED) is 0.785. The van der Waals surface area contributed by atoms with Crippen LogP contribution in [0.15, 0.2) is 24.3 Å². The molecule has 2 heterocycles. The molecule has 2 saturated heterocycles. The van der Waals surface area contributed by atoms with E-state index in [9.17, 15) is 14.4 Å². The molecule has 1 saturated carbocycles. The van der Waals surface area contributed by atoms with Crippen LogP contribution in [0.4, 0.5) is 0 Å². The Morgan fingerprint density at radius 3 is 2.19 bits per heavy atom. The van der Waals surface area contributed by atoms with Crippen molar-refractivity contribution in [2.24, 2.45) is 5.92 Å². The van der Waals surface area contributed by atoms with Gasteiger partial charge in [-0.1, -0.05) is 31.4 Å². The van der Waals surface area contributed by atoms with Crippen LogP contribution in [-0.2, 0) is 16.1 Å². The van der Waals surface area contributed by atoms with Crippen molar-refractivity contribution in [3.05, 3.63) is 35.4 Å². The van der Waals surface area contributed by atoms with Crippen LogP contribution >= 0.6 is 0 Å². The van der Waals surface area contributed by atoms with Gasteiger partial charge in [-0.3, -0.25) is 14.4 Å². The normalized spacial score (nSPS) is 22.4. The van der Waals surface area contributed by atoms with Crippen molar-refractivity contribution in [3.8, 4) is 0 Å². The average Bonchev–Trinajstić information content (AvgIpc) is 3.33. The van der Waals surface area contributed by atoms with Crippen LogP contribution in [0, 0.1) is 5.92 Å². The molecule has 6 heteroatoms. The smallest absolute Gasteiger partial charge is 0.253 e. The summed E-state index contributed by atoms with van der Waals surface area (Å²) in [6.07, 6.45) is 10.4. The first-order chi connectivity index (χ1) is 15.1. The zero-order chi connectivity index (χ0) is 21.6. The highest BCUT2D eigenvalue weighted by atomic mass is 16.2. The number of carbonyl (C=O) groups is 3. The third-order valence-electron chi connectivity index (χ3n) is 7.10. The lowest BCUT2D eigenvalue weighted by molar-refractivity contribution is -0.142. The first-order valence-corrected chi connectivity index (χ1v) is 12.1. The summed E-state index contributed by atoms with van der Waals surface area (Å²) in [5.41, 5.74) is 1.67. The van der Waals surface area contributed by atoms with Gasteiger partial charge in [0.15, 0.2) is 0 Å². The van der Waals surface area contributed by atoms with Crippen LogP contribution in [0.25, 0.3) is 0 Å². The van der Waals surface area contributed by atoms with E-state index in [0.717, 1.165) is 70.0 Å². The fraction of sp³-hybridized carbons (Fsp3) is 0.640. The van der Waals surface area contributed by atoms with Crippen LogP contribution in [-0.4, -0.2) is 53.2 Å². The van der Waals surface area contributed by atoms with Crippen molar-refractivity contribution in [1.82, 2.24) is 15.1 Å². The molecule has 31 heavy (non-hydrogen) atoms. The molecule has 3 amide bonds. The van der Waals surface area contributed by atoms with Gasteiger partial charge >= 0.3 is 0 Å². The predicted octanol–water partition coefficient (Wildman–Crippen LogP) is 3.50. The maximum Gasteiger partial charge on any atom is 0.253 e. The summed E-state index contributed by atoms with van der Waals surface area (Å²) in [5, 5.41) is 3.01. The molecule has 0 bridgehead atoms. The molecular formula is C25H35N3O3. The Hall–Kier alpha value is -2.37. The maximum atomic E-state index is 12.9. The van der Waals surface area contributed by atoms with E-state index >= 15 is 0 Å². The number of likely N-dealkylation sites (tertiary alicyclic amines) is 2. The summed E-state index contributed by atoms with van der Waals surface area (Å²) in [6.45, 7) is 2.79.